The van der Waals surface area contributed by atoms with E-state index in [2.05, 4.69) is 0 Å². The van der Waals surface area contributed by atoms with Crippen LogP contribution in [0, 0.1) is 12.7 Å². The Hall–Kier alpha value is -1.36. The van der Waals surface area contributed by atoms with Crippen LogP contribution in [0.25, 0.3) is 0 Å². The standard InChI is InChI=1S/C17H12ClFO2S/c1-9-6-12-14(7-13(9)19)22-8-17(15(12)20)16(21-17)10-2-4-11(18)5-3-10/h2-7,16H,8H2,1H3. The second-order valence-electron chi connectivity index (χ2n) is 5.65. The van der Waals surface area contributed by atoms with Crippen LogP contribution in [0.4, 0.5) is 4.39 Å². The van der Waals surface area contributed by atoms with Crippen molar-refractivity contribution in [3.8, 4) is 0 Å². The summed E-state index contributed by atoms with van der Waals surface area (Å²) in [5, 5.41) is 0.652. The average molecular weight is 335 g/mol. The molecule has 2 aromatic carbocycles. The summed E-state index contributed by atoms with van der Waals surface area (Å²) in [6, 6.07) is 10.4. The van der Waals surface area contributed by atoms with E-state index in [1.807, 2.05) is 12.1 Å². The van der Waals surface area contributed by atoms with E-state index in [1.165, 1.54) is 17.8 Å². The van der Waals surface area contributed by atoms with Gasteiger partial charge in [0.25, 0.3) is 0 Å². The highest BCUT2D eigenvalue weighted by atomic mass is 35.5. The number of hydrogen-bond acceptors (Lipinski definition) is 3. The summed E-state index contributed by atoms with van der Waals surface area (Å²) in [6.07, 6.45) is -0.247. The maximum Gasteiger partial charge on any atom is 0.199 e. The van der Waals surface area contributed by atoms with Gasteiger partial charge in [0.2, 0.25) is 0 Å². The van der Waals surface area contributed by atoms with Crippen LogP contribution in [0.5, 0.6) is 0 Å². The molecule has 2 nitrogen and oxygen atoms in total. The zero-order valence-electron chi connectivity index (χ0n) is 11.7. The first-order valence-electron chi connectivity index (χ1n) is 6.92. The predicted octanol–water partition coefficient (Wildman–Crippen LogP) is 4.59. The monoisotopic (exact) mass is 334 g/mol. The SMILES string of the molecule is Cc1cc2c(cc1F)SCC1(OC1c1ccc(Cl)cc1)C2=O. The third-order valence-corrected chi connectivity index (χ3v) is 5.67. The average Bonchev–Trinajstić information content (AvgIpc) is 3.22. The van der Waals surface area contributed by atoms with Crippen LogP contribution in [0.2, 0.25) is 5.02 Å². The maximum absolute atomic E-state index is 13.7. The van der Waals surface area contributed by atoms with Gasteiger partial charge in [0.1, 0.15) is 11.9 Å². The van der Waals surface area contributed by atoms with E-state index in [0.29, 0.717) is 26.8 Å². The van der Waals surface area contributed by atoms with E-state index in [0.717, 1.165) is 5.56 Å². The number of aryl methyl sites for hydroxylation is 1. The molecule has 0 amide bonds. The molecule has 0 aliphatic carbocycles. The van der Waals surface area contributed by atoms with Crippen LogP contribution in [0.15, 0.2) is 41.3 Å². The molecule has 2 atom stereocenters. The van der Waals surface area contributed by atoms with E-state index >= 15 is 0 Å². The molecule has 1 saturated heterocycles. The van der Waals surface area contributed by atoms with Gasteiger partial charge in [0.05, 0.1) is 0 Å². The Morgan fingerprint density at radius 3 is 2.77 bits per heavy atom. The molecule has 0 bridgehead atoms. The summed E-state index contributed by atoms with van der Waals surface area (Å²) < 4.78 is 19.5. The van der Waals surface area contributed by atoms with Crippen molar-refractivity contribution in [1.29, 1.82) is 0 Å². The molecule has 2 unspecified atom stereocenters. The molecule has 22 heavy (non-hydrogen) atoms. The van der Waals surface area contributed by atoms with Crippen molar-refractivity contribution in [2.75, 3.05) is 5.75 Å². The highest BCUT2D eigenvalue weighted by molar-refractivity contribution is 7.99. The minimum Gasteiger partial charge on any atom is -0.351 e. The summed E-state index contributed by atoms with van der Waals surface area (Å²) in [5.74, 6) is 0.180. The molecular weight excluding hydrogens is 323 g/mol. The van der Waals surface area contributed by atoms with E-state index < -0.39 is 5.60 Å². The van der Waals surface area contributed by atoms with E-state index in [9.17, 15) is 9.18 Å². The van der Waals surface area contributed by atoms with Gasteiger partial charge >= 0.3 is 0 Å². The quantitative estimate of drug-likeness (QED) is 0.715. The third-order valence-electron chi connectivity index (χ3n) is 4.20. The first-order chi connectivity index (χ1) is 10.5. The fraction of sp³-hybridized carbons (Fsp3) is 0.235. The van der Waals surface area contributed by atoms with Crippen LogP contribution in [-0.4, -0.2) is 17.1 Å². The molecule has 2 aromatic rings. The Balaban J connectivity index is 1.70. The third kappa shape index (κ3) is 2.02. The summed E-state index contributed by atoms with van der Waals surface area (Å²) in [5.41, 5.74) is 1.18. The number of carbonyl (C=O) groups excluding carboxylic acids is 1. The zero-order valence-corrected chi connectivity index (χ0v) is 13.3. The van der Waals surface area contributed by atoms with Crippen molar-refractivity contribution < 1.29 is 13.9 Å². The first-order valence-corrected chi connectivity index (χ1v) is 8.29. The number of ether oxygens (including phenoxy) is 1. The number of fused-ring (bicyclic) bond motifs is 1. The van der Waals surface area contributed by atoms with Crippen molar-refractivity contribution >= 4 is 29.1 Å². The lowest BCUT2D eigenvalue weighted by atomic mass is 9.91. The van der Waals surface area contributed by atoms with Gasteiger partial charge in [-0.2, -0.15) is 0 Å². The summed E-state index contributed by atoms with van der Waals surface area (Å²) in [7, 11) is 0. The van der Waals surface area contributed by atoms with Gasteiger partial charge < -0.3 is 4.74 Å². The number of benzene rings is 2. The molecule has 2 aliphatic heterocycles. The molecule has 0 saturated carbocycles. The number of ketones is 1. The molecule has 4 rings (SSSR count). The van der Waals surface area contributed by atoms with Gasteiger partial charge in [-0.1, -0.05) is 23.7 Å². The minimum absolute atomic E-state index is 0.0516. The number of thioether (sulfide) groups is 1. The Bertz CT molecular complexity index is 790. The lowest BCUT2D eigenvalue weighted by Crippen LogP contribution is -2.32. The molecule has 112 valence electrons. The lowest BCUT2D eigenvalue weighted by molar-refractivity contribution is 0.0885. The zero-order chi connectivity index (χ0) is 15.5. The fourth-order valence-electron chi connectivity index (χ4n) is 2.87. The molecule has 0 N–H and O–H groups in total. The van der Waals surface area contributed by atoms with Gasteiger partial charge in [-0.05, 0) is 42.3 Å². The van der Waals surface area contributed by atoms with Crippen LogP contribution in [-0.2, 0) is 4.74 Å². The lowest BCUT2D eigenvalue weighted by Gasteiger charge is -2.21. The topological polar surface area (TPSA) is 29.6 Å². The van der Waals surface area contributed by atoms with Gasteiger partial charge in [0.15, 0.2) is 11.4 Å². The second-order valence-corrected chi connectivity index (χ2v) is 7.11. The Kier molecular flexibility index (Phi) is 3.12. The highest BCUT2D eigenvalue weighted by Gasteiger charge is 2.64. The highest BCUT2D eigenvalue weighted by Crippen LogP contribution is 2.57. The van der Waals surface area contributed by atoms with Crippen molar-refractivity contribution in [3.05, 3.63) is 63.9 Å². The van der Waals surface area contributed by atoms with Crippen LogP contribution < -0.4 is 0 Å². The van der Waals surface area contributed by atoms with Crippen molar-refractivity contribution in [2.24, 2.45) is 0 Å². The molecule has 2 heterocycles. The molecule has 5 heteroatoms. The van der Waals surface area contributed by atoms with E-state index in [1.54, 1.807) is 25.1 Å². The number of hydrogen-bond donors (Lipinski definition) is 0. The van der Waals surface area contributed by atoms with Gasteiger partial charge in [-0.3, -0.25) is 4.79 Å². The Labute approximate surface area is 136 Å². The summed E-state index contributed by atoms with van der Waals surface area (Å²) >= 11 is 7.37. The number of epoxide rings is 1. The summed E-state index contributed by atoms with van der Waals surface area (Å²) in [6.45, 7) is 1.67. The van der Waals surface area contributed by atoms with Crippen molar-refractivity contribution in [2.45, 2.75) is 23.5 Å². The largest absolute Gasteiger partial charge is 0.351 e. The molecule has 1 fully saturated rings. The second kappa shape index (κ2) is 4.82. The molecule has 0 aromatic heterocycles. The van der Waals surface area contributed by atoms with E-state index in [4.69, 9.17) is 16.3 Å². The normalized spacial score (nSPS) is 26.1. The number of halogens is 2. The first kappa shape index (κ1) is 14.2. The van der Waals surface area contributed by atoms with Gasteiger partial charge in [-0.25, -0.2) is 4.39 Å². The number of carbonyl (C=O) groups is 1. The maximum atomic E-state index is 13.7. The fourth-order valence-corrected chi connectivity index (χ4v) is 4.21. The van der Waals surface area contributed by atoms with Crippen molar-refractivity contribution in [3.63, 3.8) is 0 Å². The van der Waals surface area contributed by atoms with Crippen LogP contribution in [0.3, 0.4) is 0 Å². The smallest absolute Gasteiger partial charge is 0.199 e. The Morgan fingerprint density at radius 2 is 2.05 bits per heavy atom. The molecule has 2 aliphatic rings. The Morgan fingerprint density at radius 1 is 1.32 bits per heavy atom. The van der Waals surface area contributed by atoms with E-state index in [-0.39, 0.29) is 17.7 Å². The number of rotatable bonds is 1. The van der Waals surface area contributed by atoms with Crippen molar-refractivity contribution in [1.82, 2.24) is 0 Å². The minimum atomic E-state index is -0.810. The van der Waals surface area contributed by atoms with Crippen LogP contribution >= 0.6 is 23.4 Å². The number of Topliss-reactive ketones (excluding diaryl/α,β-unsaturated/α-hetero) is 1. The summed E-state index contributed by atoms with van der Waals surface area (Å²) in [4.78, 5) is 13.5. The van der Waals surface area contributed by atoms with Gasteiger partial charge in [0, 0.05) is 21.2 Å². The van der Waals surface area contributed by atoms with Crippen LogP contribution in [0.1, 0.15) is 27.6 Å². The predicted molar refractivity (Wildman–Crippen MR) is 84.2 cm³/mol. The molecule has 1 spiro atoms. The molecule has 0 radical (unpaired) electrons. The van der Waals surface area contributed by atoms with Gasteiger partial charge in [-0.15, -0.1) is 11.8 Å². The molecular formula is C17H12ClFO2S.